The maximum absolute atomic E-state index is 13.1. The van der Waals surface area contributed by atoms with E-state index in [0.717, 1.165) is 16.9 Å². The summed E-state index contributed by atoms with van der Waals surface area (Å²) in [5.41, 5.74) is 2.20. The monoisotopic (exact) mass is 410 g/mol. The summed E-state index contributed by atoms with van der Waals surface area (Å²) >= 11 is 0. The van der Waals surface area contributed by atoms with Crippen molar-refractivity contribution in [1.82, 2.24) is 10.2 Å². The number of benzene rings is 2. The van der Waals surface area contributed by atoms with E-state index in [4.69, 9.17) is 4.74 Å². The average molecular weight is 411 g/mol. The molecule has 0 spiro atoms. The van der Waals surface area contributed by atoms with Crippen LogP contribution in [0.3, 0.4) is 0 Å². The molecular formula is C25H34N2O3. The highest BCUT2D eigenvalue weighted by molar-refractivity contribution is 5.88. The number of rotatable bonds is 11. The molecule has 30 heavy (non-hydrogen) atoms. The van der Waals surface area contributed by atoms with Gasteiger partial charge in [-0.25, -0.2) is 0 Å². The van der Waals surface area contributed by atoms with E-state index in [2.05, 4.69) is 19.2 Å². The van der Waals surface area contributed by atoms with Crippen LogP contribution in [0.4, 0.5) is 0 Å². The number of likely N-dealkylation sites (N-methyl/N-ethyl adjacent to an activating group) is 1. The molecule has 0 saturated heterocycles. The second-order valence-electron chi connectivity index (χ2n) is 7.62. The number of hydrogen-bond acceptors (Lipinski definition) is 3. The average Bonchev–Trinajstić information content (AvgIpc) is 2.75. The van der Waals surface area contributed by atoms with Crippen LogP contribution in [0.15, 0.2) is 54.6 Å². The molecule has 0 aliphatic carbocycles. The minimum absolute atomic E-state index is 0.0889. The lowest BCUT2D eigenvalue weighted by Crippen LogP contribution is -2.51. The molecule has 2 amide bonds. The molecule has 0 aliphatic heterocycles. The van der Waals surface area contributed by atoms with Crippen LogP contribution in [0.2, 0.25) is 0 Å². The Bertz CT molecular complexity index is 805. The number of para-hydroxylation sites is 1. The van der Waals surface area contributed by atoms with Crippen LogP contribution in [0.1, 0.15) is 51.2 Å². The molecular weight excluding hydrogens is 376 g/mol. The number of nitrogens with zero attached hydrogens (tertiary/aromatic N) is 1. The highest BCUT2D eigenvalue weighted by atomic mass is 16.5. The number of amides is 2. The molecule has 2 aromatic carbocycles. The zero-order chi connectivity index (χ0) is 21.9. The lowest BCUT2D eigenvalue weighted by Gasteiger charge is -2.30. The van der Waals surface area contributed by atoms with Crippen LogP contribution >= 0.6 is 0 Å². The summed E-state index contributed by atoms with van der Waals surface area (Å²) < 4.78 is 5.90. The summed E-state index contributed by atoms with van der Waals surface area (Å²) in [6.45, 7) is 8.91. The highest BCUT2D eigenvalue weighted by Crippen LogP contribution is 2.26. The topological polar surface area (TPSA) is 58.6 Å². The standard InChI is InChI=1S/C25H34N2O3/c1-5-22(25(29)26-6-2)27(17-16-20-12-8-7-9-13-20)24(28)18-30-23-15-11-10-14-21(23)19(3)4/h7-15,19,22H,5-6,16-18H2,1-4H3,(H,26,29)/t22-/m0/s1. The summed E-state index contributed by atoms with van der Waals surface area (Å²) in [6, 6.07) is 17.3. The Labute approximate surface area is 180 Å². The molecule has 0 aromatic heterocycles. The number of carbonyl (C=O) groups excluding carboxylic acids is 2. The maximum atomic E-state index is 13.1. The first kappa shape index (κ1) is 23.5. The van der Waals surface area contributed by atoms with E-state index < -0.39 is 6.04 Å². The third kappa shape index (κ3) is 6.61. The van der Waals surface area contributed by atoms with Gasteiger partial charge < -0.3 is 15.0 Å². The summed E-state index contributed by atoms with van der Waals surface area (Å²) in [5, 5.41) is 2.85. The summed E-state index contributed by atoms with van der Waals surface area (Å²) in [6.07, 6.45) is 1.24. The van der Waals surface area contributed by atoms with Gasteiger partial charge in [0.15, 0.2) is 6.61 Å². The molecule has 0 bridgehead atoms. The van der Waals surface area contributed by atoms with Crippen LogP contribution in [-0.4, -0.2) is 42.5 Å². The van der Waals surface area contributed by atoms with Gasteiger partial charge >= 0.3 is 0 Å². The van der Waals surface area contributed by atoms with Crippen molar-refractivity contribution in [2.75, 3.05) is 19.7 Å². The molecule has 2 rings (SSSR count). The van der Waals surface area contributed by atoms with Gasteiger partial charge in [0.05, 0.1) is 0 Å². The Hall–Kier alpha value is -2.82. The summed E-state index contributed by atoms with van der Waals surface area (Å²) in [5.74, 6) is 0.714. The Morgan fingerprint density at radius 3 is 2.30 bits per heavy atom. The fraction of sp³-hybridized carbons (Fsp3) is 0.440. The molecule has 5 heteroatoms. The Morgan fingerprint density at radius 2 is 1.67 bits per heavy atom. The van der Waals surface area contributed by atoms with Gasteiger partial charge in [-0.15, -0.1) is 0 Å². The molecule has 2 aromatic rings. The van der Waals surface area contributed by atoms with Gasteiger partial charge in [0.1, 0.15) is 11.8 Å². The van der Waals surface area contributed by atoms with Crippen molar-refractivity contribution >= 4 is 11.8 Å². The molecule has 0 unspecified atom stereocenters. The van der Waals surface area contributed by atoms with Gasteiger partial charge in [-0.1, -0.05) is 69.3 Å². The lowest BCUT2D eigenvalue weighted by molar-refractivity contribution is -0.142. The molecule has 0 heterocycles. The van der Waals surface area contributed by atoms with Crippen LogP contribution in [0.5, 0.6) is 5.75 Å². The Morgan fingerprint density at radius 1 is 1.00 bits per heavy atom. The summed E-state index contributed by atoms with van der Waals surface area (Å²) in [4.78, 5) is 27.4. The largest absolute Gasteiger partial charge is 0.483 e. The molecule has 1 atom stereocenters. The van der Waals surface area contributed by atoms with Crippen LogP contribution in [-0.2, 0) is 16.0 Å². The number of nitrogens with one attached hydrogen (secondary N) is 1. The van der Waals surface area contributed by atoms with Gasteiger partial charge in [-0.05, 0) is 42.9 Å². The zero-order valence-electron chi connectivity index (χ0n) is 18.6. The molecule has 5 nitrogen and oxygen atoms in total. The minimum atomic E-state index is -0.509. The number of hydrogen-bond donors (Lipinski definition) is 1. The van der Waals surface area contributed by atoms with E-state index in [1.165, 1.54) is 0 Å². The van der Waals surface area contributed by atoms with Gasteiger partial charge in [-0.2, -0.15) is 0 Å². The van der Waals surface area contributed by atoms with Crippen molar-refractivity contribution < 1.29 is 14.3 Å². The predicted molar refractivity (Wildman–Crippen MR) is 121 cm³/mol. The highest BCUT2D eigenvalue weighted by Gasteiger charge is 2.28. The third-order valence-electron chi connectivity index (χ3n) is 5.11. The third-order valence-corrected chi connectivity index (χ3v) is 5.11. The quantitative estimate of drug-likeness (QED) is 0.605. The van der Waals surface area contributed by atoms with Crippen molar-refractivity contribution in [3.05, 3.63) is 65.7 Å². The summed E-state index contributed by atoms with van der Waals surface area (Å²) in [7, 11) is 0. The first-order chi connectivity index (χ1) is 14.5. The molecule has 0 aliphatic rings. The van der Waals surface area contributed by atoms with Gasteiger partial charge in [0.25, 0.3) is 5.91 Å². The molecule has 0 fully saturated rings. The van der Waals surface area contributed by atoms with Gasteiger partial charge in [0.2, 0.25) is 5.91 Å². The van der Waals surface area contributed by atoms with Crippen LogP contribution < -0.4 is 10.1 Å². The molecule has 0 radical (unpaired) electrons. The Kier molecular flexibility index (Phi) is 9.39. The van der Waals surface area contributed by atoms with Gasteiger partial charge in [-0.3, -0.25) is 9.59 Å². The van der Waals surface area contributed by atoms with E-state index >= 15 is 0 Å². The van der Waals surface area contributed by atoms with Gasteiger partial charge in [0, 0.05) is 13.1 Å². The predicted octanol–water partition coefficient (Wildman–Crippen LogP) is 4.17. The van der Waals surface area contributed by atoms with Crippen molar-refractivity contribution in [3.8, 4) is 5.75 Å². The smallest absolute Gasteiger partial charge is 0.261 e. The van der Waals surface area contributed by atoms with Crippen LogP contribution in [0.25, 0.3) is 0 Å². The molecule has 162 valence electrons. The van der Waals surface area contributed by atoms with Crippen molar-refractivity contribution in [2.45, 2.75) is 52.5 Å². The van der Waals surface area contributed by atoms with E-state index in [9.17, 15) is 9.59 Å². The minimum Gasteiger partial charge on any atom is -0.483 e. The molecule has 1 N–H and O–H groups in total. The second-order valence-corrected chi connectivity index (χ2v) is 7.62. The fourth-order valence-corrected chi connectivity index (χ4v) is 3.50. The van der Waals surface area contributed by atoms with Crippen molar-refractivity contribution in [2.24, 2.45) is 0 Å². The number of carbonyl (C=O) groups is 2. The second kappa shape index (κ2) is 12.0. The zero-order valence-corrected chi connectivity index (χ0v) is 18.6. The Balaban J connectivity index is 2.15. The molecule has 0 saturated carbocycles. The first-order valence-electron chi connectivity index (χ1n) is 10.8. The van der Waals surface area contributed by atoms with E-state index in [0.29, 0.717) is 31.8 Å². The lowest BCUT2D eigenvalue weighted by atomic mass is 10.0. The fourth-order valence-electron chi connectivity index (χ4n) is 3.50. The first-order valence-corrected chi connectivity index (χ1v) is 10.8. The SMILES string of the molecule is CCNC(=O)[C@H](CC)N(CCc1ccccc1)C(=O)COc1ccccc1C(C)C. The van der Waals surface area contributed by atoms with Crippen molar-refractivity contribution in [3.63, 3.8) is 0 Å². The number of ether oxygens (including phenoxy) is 1. The van der Waals surface area contributed by atoms with Crippen LogP contribution in [0, 0.1) is 0 Å². The van der Waals surface area contributed by atoms with E-state index in [-0.39, 0.29) is 18.4 Å². The normalized spacial score (nSPS) is 11.8. The van der Waals surface area contributed by atoms with E-state index in [1.54, 1.807) is 4.90 Å². The maximum Gasteiger partial charge on any atom is 0.261 e. The van der Waals surface area contributed by atoms with E-state index in [1.807, 2.05) is 68.4 Å². The van der Waals surface area contributed by atoms with Crippen molar-refractivity contribution in [1.29, 1.82) is 0 Å².